The second-order valence-corrected chi connectivity index (χ2v) is 9.82. The van der Waals surface area contributed by atoms with Crippen LogP contribution in [0.4, 0.5) is 0 Å². The lowest BCUT2D eigenvalue weighted by Gasteiger charge is -2.41. The van der Waals surface area contributed by atoms with Crippen LogP contribution in [0.2, 0.25) is 0 Å². The Morgan fingerprint density at radius 1 is 0.875 bits per heavy atom. The van der Waals surface area contributed by atoms with Gasteiger partial charge < -0.3 is 19.8 Å². The zero-order chi connectivity index (χ0) is 22.6. The van der Waals surface area contributed by atoms with Crippen molar-refractivity contribution in [2.24, 2.45) is 5.92 Å². The summed E-state index contributed by atoms with van der Waals surface area (Å²) in [6.07, 6.45) is -0.521. The average molecular weight is 462 g/mol. The van der Waals surface area contributed by atoms with Crippen molar-refractivity contribution >= 4 is 45.3 Å². The highest BCUT2D eigenvalue weighted by Gasteiger charge is 2.44. The molecule has 0 saturated carbocycles. The summed E-state index contributed by atoms with van der Waals surface area (Å²) in [6, 6.07) is 26.3. The molecule has 0 spiro atoms. The molecule has 0 fully saturated rings. The third-order valence-corrected chi connectivity index (χ3v) is 8.02. The van der Waals surface area contributed by atoms with Crippen LogP contribution in [0.25, 0.3) is 10.2 Å². The summed E-state index contributed by atoms with van der Waals surface area (Å²) in [7, 11) is 0. The Bertz CT molecular complexity index is 1150. The van der Waals surface area contributed by atoms with Crippen molar-refractivity contribution in [3.8, 4) is 0 Å². The molecule has 4 aromatic rings. The van der Waals surface area contributed by atoms with Gasteiger partial charge in [0.2, 0.25) is 0 Å². The van der Waals surface area contributed by atoms with E-state index in [1.54, 1.807) is 0 Å². The molecule has 4 rings (SSSR count). The number of nitrogens with zero attached hydrogens (tertiary/aromatic N) is 1. The van der Waals surface area contributed by atoms with E-state index in [0.717, 1.165) is 21.3 Å². The largest absolute Gasteiger partial charge is 0.550 e. The highest BCUT2D eigenvalue weighted by atomic mass is 32.2. The van der Waals surface area contributed by atoms with Crippen LogP contribution in [-0.2, 0) is 14.3 Å². The fraction of sp³-hybridized carbons (Fsp3) is 0.160. The summed E-state index contributed by atoms with van der Waals surface area (Å²) in [5.74, 6) is -3.74. The molecule has 162 valence electrons. The average Bonchev–Trinajstić information content (AvgIpc) is 3.21. The van der Waals surface area contributed by atoms with Gasteiger partial charge in [-0.15, -0.1) is 11.3 Å². The van der Waals surface area contributed by atoms with Gasteiger partial charge in [0.15, 0.2) is 4.34 Å². The quantitative estimate of drug-likeness (QED) is 0.355. The third-order valence-electron chi connectivity index (χ3n) is 5.34. The van der Waals surface area contributed by atoms with Crippen LogP contribution >= 0.6 is 23.1 Å². The summed E-state index contributed by atoms with van der Waals surface area (Å²) in [4.78, 5) is 28.5. The first-order valence-electron chi connectivity index (χ1n) is 10.1. The number of benzene rings is 3. The normalized spacial score (nSPS) is 12.5. The predicted octanol–water partition coefficient (Wildman–Crippen LogP) is 3.23. The Labute approximate surface area is 193 Å². The van der Waals surface area contributed by atoms with Crippen LogP contribution in [0, 0.1) is 5.92 Å². The molecule has 0 radical (unpaired) electrons. The molecule has 1 unspecified atom stereocenters. The van der Waals surface area contributed by atoms with Crippen molar-refractivity contribution in [3.63, 3.8) is 0 Å². The first-order chi connectivity index (χ1) is 15.5. The minimum Gasteiger partial charge on any atom is -0.550 e. The van der Waals surface area contributed by atoms with Gasteiger partial charge in [0.05, 0.1) is 15.0 Å². The SMILES string of the molecule is O=C([O-])CCC(C(=O)[O-])C(Sc1nc2ccccc2s1)(c1ccccc1)c1ccccc1. The molecule has 0 bridgehead atoms. The van der Waals surface area contributed by atoms with Crippen molar-refractivity contribution in [1.29, 1.82) is 0 Å². The van der Waals surface area contributed by atoms with E-state index >= 15 is 0 Å². The second-order valence-electron chi connectivity index (χ2n) is 7.30. The second kappa shape index (κ2) is 9.54. The lowest BCUT2D eigenvalue weighted by Crippen LogP contribution is -2.45. The van der Waals surface area contributed by atoms with Crippen LogP contribution < -0.4 is 10.2 Å². The van der Waals surface area contributed by atoms with Gasteiger partial charge in [-0.05, 0) is 36.1 Å². The zero-order valence-electron chi connectivity index (χ0n) is 17.0. The summed E-state index contributed by atoms with van der Waals surface area (Å²) in [5.41, 5.74) is 2.31. The molecule has 0 amide bonds. The fourth-order valence-electron chi connectivity index (χ4n) is 3.91. The standard InChI is InChI=1S/C25H21NO4S2/c27-22(28)16-15-19(23(29)30)25(17-9-3-1-4-10-17,18-11-5-2-6-12-18)32-24-26-20-13-7-8-14-21(20)31-24/h1-14,19H,15-16H2,(H,27,28)(H,29,30)/p-2. The number of carboxylic acids is 2. The van der Waals surface area contributed by atoms with Gasteiger partial charge in [-0.2, -0.15) is 0 Å². The first-order valence-corrected chi connectivity index (χ1v) is 11.7. The molecule has 0 aliphatic rings. The summed E-state index contributed by atoms with van der Waals surface area (Å²) in [6.45, 7) is 0. The van der Waals surface area contributed by atoms with Crippen molar-refractivity contribution in [1.82, 2.24) is 4.98 Å². The maximum atomic E-state index is 12.5. The molecule has 1 heterocycles. The summed E-state index contributed by atoms with van der Waals surface area (Å²) < 4.78 is 0.536. The van der Waals surface area contributed by atoms with Crippen LogP contribution in [-0.4, -0.2) is 16.9 Å². The van der Waals surface area contributed by atoms with E-state index in [9.17, 15) is 19.8 Å². The van der Waals surface area contributed by atoms with Crippen molar-refractivity contribution in [2.75, 3.05) is 0 Å². The topological polar surface area (TPSA) is 93.1 Å². The molecule has 1 aromatic heterocycles. The Hall–Kier alpha value is -3.16. The van der Waals surface area contributed by atoms with Crippen LogP contribution in [0.3, 0.4) is 0 Å². The molecule has 0 aliphatic carbocycles. The summed E-state index contributed by atoms with van der Waals surface area (Å²) >= 11 is 2.81. The van der Waals surface area contributed by atoms with Gasteiger partial charge in [-0.1, -0.05) is 84.6 Å². The predicted molar refractivity (Wildman–Crippen MR) is 122 cm³/mol. The molecule has 7 heteroatoms. The van der Waals surface area contributed by atoms with E-state index in [-0.39, 0.29) is 12.8 Å². The third kappa shape index (κ3) is 4.40. The number of carboxylic acid groups (broad SMARTS) is 2. The van der Waals surface area contributed by atoms with Gasteiger partial charge >= 0.3 is 0 Å². The van der Waals surface area contributed by atoms with E-state index in [4.69, 9.17) is 4.98 Å². The lowest BCUT2D eigenvalue weighted by atomic mass is 9.77. The molecule has 1 atom stereocenters. The van der Waals surface area contributed by atoms with Crippen molar-refractivity contribution in [2.45, 2.75) is 21.9 Å². The van der Waals surface area contributed by atoms with Gasteiger partial charge in [0.25, 0.3) is 0 Å². The van der Waals surface area contributed by atoms with Crippen LogP contribution in [0.5, 0.6) is 0 Å². The molecule has 32 heavy (non-hydrogen) atoms. The first kappa shape index (κ1) is 22.0. The number of hydrogen-bond donors (Lipinski definition) is 0. The number of thiazole rings is 1. The maximum Gasteiger partial charge on any atom is 0.152 e. The highest BCUT2D eigenvalue weighted by molar-refractivity contribution is 8.02. The number of para-hydroxylation sites is 1. The van der Waals surface area contributed by atoms with E-state index in [1.165, 1.54) is 23.1 Å². The van der Waals surface area contributed by atoms with Crippen molar-refractivity contribution < 1.29 is 19.8 Å². The van der Waals surface area contributed by atoms with Crippen molar-refractivity contribution in [3.05, 3.63) is 96.1 Å². The molecule has 3 aromatic carbocycles. The highest BCUT2D eigenvalue weighted by Crippen LogP contribution is 2.54. The molecule has 0 aliphatic heterocycles. The number of hydrogen-bond acceptors (Lipinski definition) is 7. The number of thioether (sulfide) groups is 1. The number of fused-ring (bicyclic) bond motifs is 1. The monoisotopic (exact) mass is 461 g/mol. The van der Waals surface area contributed by atoms with Gasteiger partial charge in [-0.25, -0.2) is 4.98 Å². The molecular weight excluding hydrogens is 442 g/mol. The Morgan fingerprint density at radius 2 is 1.44 bits per heavy atom. The molecule has 0 N–H and O–H groups in total. The molecular formula is C25H19NO4S2-2. The number of carbonyl (C=O) groups excluding carboxylic acids is 2. The maximum absolute atomic E-state index is 12.5. The zero-order valence-corrected chi connectivity index (χ0v) is 18.6. The smallest absolute Gasteiger partial charge is 0.152 e. The van der Waals surface area contributed by atoms with Crippen LogP contribution in [0.15, 0.2) is 89.3 Å². The molecule has 0 saturated heterocycles. The Kier molecular flexibility index (Phi) is 6.58. The fourth-order valence-corrected chi connectivity index (χ4v) is 6.72. The Morgan fingerprint density at radius 3 is 1.97 bits per heavy atom. The number of rotatable bonds is 9. The Balaban J connectivity index is 1.95. The van der Waals surface area contributed by atoms with Gasteiger partial charge in [0.1, 0.15) is 0 Å². The summed E-state index contributed by atoms with van der Waals surface area (Å²) in [5, 5.41) is 23.8. The number of carbonyl (C=O) groups is 2. The van der Waals surface area contributed by atoms with Gasteiger partial charge in [0, 0.05) is 17.9 Å². The van der Waals surface area contributed by atoms with Crippen LogP contribution in [0.1, 0.15) is 24.0 Å². The van der Waals surface area contributed by atoms with E-state index in [2.05, 4.69) is 0 Å². The van der Waals surface area contributed by atoms with Gasteiger partial charge in [-0.3, -0.25) is 0 Å². The number of aromatic nitrogens is 1. The minimum atomic E-state index is -1.31. The molecule has 5 nitrogen and oxygen atoms in total. The number of aliphatic carboxylic acids is 2. The van der Waals surface area contributed by atoms with E-state index < -0.39 is 22.6 Å². The van der Waals surface area contributed by atoms with E-state index in [1.807, 2.05) is 84.9 Å². The van der Waals surface area contributed by atoms with E-state index in [0.29, 0.717) is 4.34 Å². The minimum absolute atomic E-state index is 0.133. The lowest BCUT2D eigenvalue weighted by molar-refractivity contribution is -0.313.